The summed E-state index contributed by atoms with van der Waals surface area (Å²) in [6, 6.07) is 7.44. The quantitative estimate of drug-likeness (QED) is 0.824. The number of hydrogen-bond donors (Lipinski definition) is 2. The Morgan fingerprint density at radius 2 is 2.11 bits per heavy atom. The number of nitrogens with two attached hydrogens (primary N) is 1. The molecule has 3 N–H and O–H groups in total. The van der Waals surface area contributed by atoms with E-state index in [0.717, 1.165) is 17.8 Å². The molecule has 1 heterocycles. The zero-order chi connectivity index (χ0) is 12.5. The molecule has 1 aliphatic carbocycles. The van der Waals surface area contributed by atoms with Crippen LogP contribution in [0, 0.1) is 5.92 Å². The number of benzene rings is 1. The highest BCUT2D eigenvalue weighted by Crippen LogP contribution is 2.29. The molecule has 0 saturated heterocycles. The molecule has 6 nitrogen and oxygen atoms in total. The molecule has 0 aliphatic heterocycles. The standard InChI is InChI=1S/C12H13N5O/c13-11-5-10(11)12(18)16-8-1-3-9(4-2-8)17-7-14-6-15-17/h1-4,6-7,10-11H,5,13H2,(H,16,18). The second-order valence-corrected chi connectivity index (χ2v) is 4.38. The minimum absolute atomic E-state index is 0.00370. The van der Waals surface area contributed by atoms with Gasteiger partial charge in [0.1, 0.15) is 12.7 Å². The fraction of sp³-hybridized carbons (Fsp3) is 0.250. The number of anilines is 1. The van der Waals surface area contributed by atoms with Crippen LogP contribution >= 0.6 is 0 Å². The third kappa shape index (κ3) is 2.10. The van der Waals surface area contributed by atoms with Crippen LogP contribution in [-0.4, -0.2) is 26.7 Å². The van der Waals surface area contributed by atoms with E-state index >= 15 is 0 Å². The first-order chi connectivity index (χ1) is 8.74. The second-order valence-electron chi connectivity index (χ2n) is 4.38. The van der Waals surface area contributed by atoms with Gasteiger partial charge in [0.15, 0.2) is 0 Å². The van der Waals surface area contributed by atoms with Crippen LogP contribution in [0.25, 0.3) is 5.69 Å². The largest absolute Gasteiger partial charge is 0.327 e. The van der Waals surface area contributed by atoms with Crippen LogP contribution in [0.15, 0.2) is 36.9 Å². The van der Waals surface area contributed by atoms with Crippen molar-refractivity contribution in [2.24, 2.45) is 11.7 Å². The molecule has 1 saturated carbocycles. The highest BCUT2D eigenvalue weighted by molar-refractivity contribution is 5.94. The van der Waals surface area contributed by atoms with Gasteiger partial charge in [0, 0.05) is 11.7 Å². The van der Waals surface area contributed by atoms with E-state index in [-0.39, 0.29) is 17.9 Å². The molecule has 18 heavy (non-hydrogen) atoms. The molecular weight excluding hydrogens is 230 g/mol. The van der Waals surface area contributed by atoms with Gasteiger partial charge in [-0.05, 0) is 30.7 Å². The monoisotopic (exact) mass is 243 g/mol. The summed E-state index contributed by atoms with van der Waals surface area (Å²) in [4.78, 5) is 15.6. The Bertz CT molecular complexity index is 548. The van der Waals surface area contributed by atoms with Crippen molar-refractivity contribution in [2.45, 2.75) is 12.5 Å². The van der Waals surface area contributed by atoms with Gasteiger partial charge in [-0.25, -0.2) is 9.67 Å². The minimum atomic E-state index is -0.0278. The molecule has 1 fully saturated rings. The highest BCUT2D eigenvalue weighted by atomic mass is 16.2. The van der Waals surface area contributed by atoms with Gasteiger partial charge >= 0.3 is 0 Å². The summed E-state index contributed by atoms with van der Waals surface area (Å²) in [5.41, 5.74) is 7.29. The van der Waals surface area contributed by atoms with Crippen molar-refractivity contribution in [1.82, 2.24) is 14.8 Å². The van der Waals surface area contributed by atoms with Crippen LogP contribution in [0.2, 0.25) is 0 Å². The molecule has 6 heteroatoms. The van der Waals surface area contributed by atoms with E-state index in [2.05, 4.69) is 15.4 Å². The first kappa shape index (κ1) is 10.9. The Morgan fingerprint density at radius 1 is 1.39 bits per heavy atom. The number of nitrogens with one attached hydrogen (secondary N) is 1. The van der Waals surface area contributed by atoms with Gasteiger partial charge in [-0.1, -0.05) is 0 Å². The molecule has 2 aromatic rings. The Morgan fingerprint density at radius 3 is 2.67 bits per heavy atom. The molecule has 2 unspecified atom stereocenters. The lowest BCUT2D eigenvalue weighted by atomic mass is 10.2. The molecule has 0 spiro atoms. The third-order valence-corrected chi connectivity index (χ3v) is 2.99. The molecule has 3 rings (SSSR count). The van der Waals surface area contributed by atoms with E-state index in [4.69, 9.17) is 5.73 Å². The van der Waals surface area contributed by atoms with Crippen molar-refractivity contribution in [3.63, 3.8) is 0 Å². The molecule has 1 aromatic carbocycles. The zero-order valence-corrected chi connectivity index (χ0v) is 9.65. The summed E-state index contributed by atoms with van der Waals surface area (Å²) in [6.45, 7) is 0. The molecule has 1 aromatic heterocycles. The van der Waals surface area contributed by atoms with Gasteiger partial charge in [0.05, 0.1) is 11.6 Å². The van der Waals surface area contributed by atoms with Crippen molar-refractivity contribution in [3.05, 3.63) is 36.9 Å². The van der Waals surface area contributed by atoms with Crippen molar-refractivity contribution in [3.8, 4) is 5.69 Å². The Hall–Kier alpha value is -2.21. The van der Waals surface area contributed by atoms with E-state index in [9.17, 15) is 4.79 Å². The van der Waals surface area contributed by atoms with Crippen molar-refractivity contribution >= 4 is 11.6 Å². The highest BCUT2D eigenvalue weighted by Gasteiger charge is 2.39. The maximum atomic E-state index is 11.7. The van der Waals surface area contributed by atoms with Gasteiger partial charge in [-0.2, -0.15) is 5.10 Å². The third-order valence-electron chi connectivity index (χ3n) is 2.99. The van der Waals surface area contributed by atoms with Crippen LogP contribution in [0.5, 0.6) is 0 Å². The summed E-state index contributed by atoms with van der Waals surface area (Å²) in [5.74, 6) is -0.0315. The number of amides is 1. The molecular formula is C12H13N5O. The van der Waals surface area contributed by atoms with Crippen molar-refractivity contribution in [1.29, 1.82) is 0 Å². The molecule has 0 radical (unpaired) electrons. The molecule has 1 amide bonds. The fourth-order valence-corrected chi connectivity index (χ4v) is 1.79. The van der Waals surface area contributed by atoms with Crippen LogP contribution in [0.1, 0.15) is 6.42 Å². The van der Waals surface area contributed by atoms with E-state index in [1.165, 1.54) is 6.33 Å². The smallest absolute Gasteiger partial charge is 0.229 e. The van der Waals surface area contributed by atoms with Gasteiger partial charge < -0.3 is 11.1 Å². The van der Waals surface area contributed by atoms with Crippen molar-refractivity contribution < 1.29 is 4.79 Å². The Labute approximate surface area is 104 Å². The van der Waals surface area contributed by atoms with E-state index in [0.29, 0.717) is 0 Å². The number of nitrogens with zero attached hydrogens (tertiary/aromatic N) is 3. The summed E-state index contributed by atoms with van der Waals surface area (Å²) < 4.78 is 1.66. The van der Waals surface area contributed by atoms with E-state index in [1.54, 1.807) is 11.0 Å². The molecule has 0 bridgehead atoms. The second kappa shape index (κ2) is 4.23. The minimum Gasteiger partial charge on any atom is -0.327 e. The lowest BCUT2D eigenvalue weighted by Crippen LogP contribution is -2.18. The average Bonchev–Trinajstić information content (AvgIpc) is 2.91. The van der Waals surface area contributed by atoms with Crippen molar-refractivity contribution in [2.75, 3.05) is 5.32 Å². The average molecular weight is 243 g/mol. The lowest BCUT2D eigenvalue weighted by molar-refractivity contribution is -0.117. The first-order valence-electron chi connectivity index (χ1n) is 5.75. The summed E-state index contributed by atoms with van der Waals surface area (Å²) in [6.07, 6.45) is 3.88. The number of hydrogen-bond acceptors (Lipinski definition) is 4. The Balaban J connectivity index is 1.69. The van der Waals surface area contributed by atoms with Gasteiger partial charge in [0.2, 0.25) is 5.91 Å². The summed E-state index contributed by atoms with van der Waals surface area (Å²) in [5, 5.41) is 6.87. The van der Waals surface area contributed by atoms with Gasteiger partial charge in [-0.15, -0.1) is 0 Å². The molecule has 1 aliphatic rings. The maximum absolute atomic E-state index is 11.7. The van der Waals surface area contributed by atoms with E-state index < -0.39 is 0 Å². The summed E-state index contributed by atoms with van der Waals surface area (Å²) >= 11 is 0. The molecule has 2 atom stereocenters. The fourth-order valence-electron chi connectivity index (χ4n) is 1.79. The van der Waals surface area contributed by atoms with Crippen LogP contribution in [-0.2, 0) is 4.79 Å². The number of carbonyl (C=O) groups is 1. The lowest BCUT2D eigenvalue weighted by Gasteiger charge is -2.05. The zero-order valence-electron chi connectivity index (χ0n) is 9.65. The number of aromatic nitrogens is 3. The predicted molar refractivity (Wildman–Crippen MR) is 66.1 cm³/mol. The normalized spacial score (nSPS) is 21.6. The Kier molecular flexibility index (Phi) is 2.56. The van der Waals surface area contributed by atoms with E-state index in [1.807, 2.05) is 24.3 Å². The SMILES string of the molecule is NC1CC1C(=O)Nc1ccc(-n2cncn2)cc1. The van der Waals surface area contributed by atoms with Crippen LogP contribution in [0.3, 0.4) is 0 Å². The summed E-state index contributed by atoms with van der Waals surface area (Å²) in [7, 11) is 0. The first-order valence-corrected chi connectivity index (χ1v) is 5.75. The van der Waals surface area contributed by atoms with Crippen LogP contribution in [0.4, 0.5) is 5.69 Å². The predicted octanol–water partition coefficient (Wildman–Crippen LogP) is 0.553. The molecule has 92 valence electrons. The maximum Gasteiger partial charge on any atom is 0.229 e. The van der Waals surface area contributed by atoms with Crippen LogP contribution < -0.4 is 11.1 Å². The van der Waals surface area contributed by atoms with Gasteiger partial charge in [0.25, 0.3) is 0 Å². The number of carbonyl (C=O) groups excluding carboxylic acids is 1. The van der Waals surface area contributed by atoms with Gasteiger partial charge in [-0.3, -0.25) is 4.79 Å². The number of rotatable bonds is 3. The topological polar surface area (TPSA) is 85.8 Å².